The van der Waals surface area contributed by atoms with E-state index in [-0.39, 0.29) is 17.7 Å². The molecule has 1 aliphatic rings. The summed E-state index contributed by atoms with van der Waals surface area (Å²) < 4.78 is 0.866. The van der Waals surface area contributed by atoms with Crippen LogP contribution in [0.3, 0.4) is 0 Å². The van der Waals surface area contributed by atoms with Gasteiger partial charge in [0.25, 0.3) is 0 Å². The van der Waals surface area contributed by atoms with Gasteiger partial charge in [0.15, 0.2) is 0 Å². The number of hydrogen-bond acceptors (Lipinski definition) is 4. The third kappa shape index (κ3) is 5.00. The number of nitrogens with two attached hydrogens (primary N) is 1. The molecule has 1 aliphatic heterocycles. The van der Waals surface area contributed by atoms with Crippen LogP contribution >= 0.6 is 15.9 Å². The van der Waals surface area contributed by atoms with Gasteiger partial charge in [-0.2, -0.15) is 0 Å². The summed E-state index contributed by atoms with van der Waals surface area (Å²) in [4.78, 5) is 30.4. The summed E-state index contributed by atoms with van der Waals surface area (Å²) in [6, 6.07) is 3.17. The van der Waals surface area contributed by atoms with E-state index in [9.17, 15) is 9.59 Å². The molecule has 3 N–H and O–H groups in total. The predicted molar refractivity (Wildman–Crippen MR) is 92.8 cm³/mol. The van der Waals surface area contributed by atoms with Crippen molar-refractivity contribution in [3.63, 3.8) is 0 Å². The molecule has 2 amide bonds. The zero-order valence-electron chi connectivity index (χ0n) is 13.3. The van der Waals surface area contributed by atoms with Crippen molar-refractivity contribution in [1.82, 2.24) is 9.88 Å². The first-order valence-corrected chi connectivity index (χ1v) is 8.77. The Morgan fingerprint density at radius 3 is 2.70 bits per heavy atom. The second kappa shape index (κ2) is 8.40. The average molecular weight is 383 g/mol. The van der Waals surface area contributed by atoms with Gasteiger partial charge >= 0.3 is 0 Å². The Balaban J connectivity index is 1.82. The van der Waals surface area contributed by atoms with Crippen LogP contribution in [0.25, 0.3) is 0 Å². The topological polar surface area (TPSA) is 88.3 Å². The van der Waals surface area contributed by atoms with Gasteiger partial charge in [0.2, 0.25) is 11.8 Å². The molecule has 1 atom stereocenters. The van der Waals surface area contributed by atoms with Gasteiger partial charge in [0.1, 0.15) is 5.82 Å². The number of anilines is 1. The van der Waals surface area contributed by atoms with Gasteiger partial charge in [0, 0.05) is 29.7 Å². The molecular weight excluding hydrogens is 360 g/mol. The Kier molecular flexibility index (Phi) is 6.53. The van der Waals surface area contributed by atoms with Crippen molar-refractivity contribution in [2.24, 2.45) is 11.7 Å². The fraction of sp³-hybridized carbons (Fsp3) is 0.562. The molecule has 1 aromatic heterocycles. The van der Waals surface area contributed by atoms with E-state index in [2.05, 4.69) is 26.2 Å². The maximum absolute atomic E-state index is 12.3. The molecule has 1 fully saturated rings. The summed E-state index contributed by atoms with van der Waals surface area (Å²) in [5, 5.41) is 2.83. The van der Waals surface area contributed by atoms with E-state index >= 15 is 0 Å². The first kappa shape index (κ1) is 17.9. The summed E-state index contributed by atoms with van der Waals surface area (Å²) in [5.41, 5.74) is 5.88. The Hall–Kier alpha value is -1.47. The lowest BCUT2D eigenvalue weighted by Crippen LogP contribution is -2.48. The molecule has 126 valence electrons. The molecule has 0 aliphatic carbocycles. The van der Waals surface area contributed by atoms with Crippen LogP contribution in [0, 0.1) is 5.92 Å². The number of carbonyl (C=O) groups is 2. The van der Waals surface area contributed by atoms with Gasteiger partial charge in [0.05, 0.1) is 6.04 Å². The van der Waals surface area contributed by atoms with Crippen LogP contribution in [0.4, 0.5) is 5.82 Å². The second-order valence-corrected chi connectivity index (χ2v) is 6.76. The lowest BCUT2D eigenvalue weighted by molar-refractivity contribution is -0.135. The molecule has 2 heterocycles. The van der Waals surface area contributed by atoms with Crippen LogP contribution in [0.2, 0.25) is 0 Å². The van der Waals surface area contributed by atoms with Gasteiger partial charge in [-0.25, -0.2) is 4.98 Å². The van der Waals surface area contributed by atoms with E-state index in [1.807, 2.05) is 13.0 Å². The van der Waals surface area contributed by atoms with Crippen molar-refractivity contribution in [2.45, 2.75) is 38.6 Å². The maximum atomic E-state index is 12.3. The largest absolute Gasteiger partial charge is 0.341 e. The zero-order chi connectivity index (χ0) is 16.8. The highest BCUT2D eigenvalue weighted by atomic mass is 79.9. The van der Waals surface area contributed by atoms with Gasteiger partial charge < -0.3 is 16.0 Å². The third-order valence-corrected chi connectivity index (χ3v) is 4.54. The number of nitrogens with zero attached hydrogens (tertiary/aromatic N) is 2. The lowest BCUT2D eigenvalue weighted by Gasteiger charge is -2.32. The molecule has 0 radical (unpaired) electrons. The highest BCUT2D eigenvalue weighted by Crippen LogP contribution is 2.20. The van der Waals surface area contributed by atoms with Gasteiger partial charge in [-0.15, -0.1) is 0 Å². The standard InChI is InChI=1S/C16H23BrN4O2/c1-2-3-13(18)16(23)21-8-6-11(7-9-21)15(22)20-14-5-4-12(17)10-19-14/h4-5,10-11,13H,2-3,6-9,18H2,1H3,(H,19,20,22). The number of pyridine rings is 1. The Bertz CT molecular complexity index is 542. The van der Waals surface area contributed by atoms with Crippen LogP contribution in [0.15, 0.2) is 22.8 Å². The summed E-state index contributed by atoms with van der Waals surface area (Å²) in [5.74, 6) is 0.415. The quantitative estimate of drug-likeness (QED) is 0.816. The molecule has 0 saturated carbocycles. The van der Waals surface area contributed by atoms with Crippen LogP contribution in [0.5, 0.6) is 0 Å². The summed E-state index contributed by atoms with van der Waals surface area (Å²) in [6.07, 6.45) is 4.56. The molecular formula is C16H23BrN4O2. The van der Waals surface area contributed by atoms with Crippen molar-refractivity contribution >= 4 is 33.6 Å². The van der Waals surface area contributed by atoms with Crippen LogP contribution in [-0.2, 0) is 9.59 Å². The zero-order valence-corrected chi connectivity index (χ0v) is 14.9. The van der Waals surface area contributed by atoms with E-state index in [1.54, 1.807) is 17.2 Å². The number of halogens is 1. The molecule has 0 spiro atoms. The maximum Gasteiger partial charge on any atom is 0.239 e. The number of amides is 2. The highest BCUT2D eigenvalue weighted by Gasteiger charge is 2.29. The number of rotatable bonds is 5. The SMILES string of the molecule is CCCC(N)C(=O)N1CCC(C(=O)Nc2ccc(Br)cn2)CC1. The Morgan fingerprint density at radius 1 is 1.43 bits per heavy atom. The third-order valence-electron chi connectivity index (χ3n) is 4.07. The minimum absolute atomic E-state index is 0.000263. The second-order valence-electron chi connectivity index (χ2n) is 5.85. The highest BCUT2D eigenvalue weighted by molar-refractivity contribution is 9.10. The first-order valence-electron chi connectivity index (χ1n) is 7.98. The van der Waals surface area contributed by atoms with Crippen LogP contribution in [0.1, 0.15) is 32.6 Å². The van der Waals surface area contributed by atoms with Crippen molar-refractivity contribution in [3.8, 4) is 0 Å². The number of hydrogen-bond donors (Lipinski definition) is 2. The van der Waals surface area contributed by atoms with Gasteiger partial charge in [-0.05, 0) is 47.3 Å². The number of piperidine rings is 1. The number of carbonyl (C=O) groups excluding carboxylic acids is 2. The molecule has 1 saturated heterocycles. The predicted octanol–water partition coefficient (Wildman–Crippen LogP) is 2.15. The lowest BCUT2D eigenvalue weighted by atomic mass is 9.95. The van der Waals surface area contributed by atoms with Crippen molar-refractivity contribution in [2.75, 3.05) is 18.4 Å². The van der Waals surface area contributed by atoms with Crippen molar-refractivity contribution in [1.29, 1.82) is 0 Å². The summed E-state index contributed by atoms with van der Waals surface area (Å²) in [7, 11) is 0. The van der Waals surface area contributed by atoms with E-state index in [0.717, 1.165) is 10.9 Å². The normalized spacial score (nSPS) is 16.9. The van der Waals surface area contributed by atoms with Crippen molar-refractivity contribution < 1.29 is 9.59 Å². The van der Waals surface area contributed by atoms with Gasteiger partial charge in [-0.3, -0.25) is 9.59 Å². The fourth-order valence-electron chi connectivity index (χ4n) is 2.71. The molecule has 0 bridgehead atoms. The smallest absolute Gasteiger partial charge is 0.239 e. The molecule has 6 nitrogen and oxygen atoms in total. The number of aromatic nitrogens is 1. The molecule has 0 aromatic carbocycles. The number of likely N-dealkylation sites (tertiary alicyclic amines) is 1. The minimum atomic E-state index is -0.419. The summed E-state index contributed by atoms with van der Waals surface area (Å²) in [6.45, 7) is 3.18. The molecule has 7 heteroatoms. The van der Waals surface area contributed by atoms with E-state index < -0.39 is 6.04 Å². The first-order chi connectivity index (χ1) is 11.0. The van der Waals surface area contributed by atoms with Crippen LogP contribution in [-0.4, -0.2) is 40.8 Å². The summed E-state index contributed by atoms with van der Waals surface area (Å²) >= 11 is 3.31. The molecule has 1 unspecified atom stereocenters. The van der Waals surface area contributed by atoms with E-state index in [0.29, 0.717) is 38.2 Å². The minimum Gasteiger partial charge on any atom is -0.341 e. The Morgan fingerprint density at radius 2 is 2.13 bits per heavy atom. The molecule has 23 heavy (non-hydrogen) atoms. The van der Waals surface area contributed by atoms with Crippen LogP contribution < -0.4 is 11.1 Å². The van der Waals surface area contributed by atoms with E-state index in [1.165, 1.54) is 0 Å². The van der Waals surface area contributed by atoms with Gasteiger partial charge in [-0.1, -0.05) is 13.3 Å². The fourth-order valence-corrected chi connectivity index (χ4v) is 2.94. The average Bonchev–Trinajstić information content (AvgIpc) is 2.56. The molecule has 2 rings (SSSR count). The number of nitrogens with one attached hydrogen (secondary N) is 1. The monoisotopic (exact) mass is 382 g/mol. The molecule has 1 aromatic rings. The Labute approximate surface area is 144 Å². The van der Waals surface area contributed by atoms with Crippen molar-refractivity contribution in [3.05, 3.63) is 22.8 Å². The van der Waals surface area contributed by atoms with E-state index in [4.69, 9.17) is 5.73 Å².